The topological polar surface area (TPSA) is 50.4 Å². The summed E-state index contributed by atoms with van der Waals surface area (Å²) in [5.74, 6) is 0.486. The van der Waals surface area contributed by atoms with Crippen molar-refractivity contribution in [1.82, 2.24) is 5.32 Å². The molecular weight excluding hydrogens is 198 g/mol. The van der Waals surface area contributed by atoms with Gasteiger partial charge in [-0.25, -0.2) is 0 Å². The minimum atomic E-state index is 0.0447. The van der Waals surface area contributed by atoms with Crippen LogP contribution in [-0.4, -0.2) is 19.6 Å². The molecule has 1 aromatic rings. The molecule has 16 heavy (non-hydrogen) atoms. The van der Waals surface area contributed by atoms with Crippen LogP contribution < -0.4 is 11.1 Å². The van der Waals surface area contributed by atoms with Crippen LogP contribution in [0.15, 0.2) is 29.3 Å². The Balaban J connectivity index is 2.73. The predicted molar refractivity (Wildman–Crippen MR) is 69.8 cm³/mol. The van der Waals surface area contributed by atoms with Crippen molar-refractivity contribution in [2.45, 2.75) is 26.2 Å². The average Bonchev–Trinajstić information content (AvgIpc) is 2.26. The normalized spacial score (nSPS) is 12.6. The molecule has 88 valence electrons. The van der Waals surface area contributed by atoms with Gasteiger partial charge in [-0.3, -0.25) is 4.99 Å². The first kappa shape index (κ1) is 12.6. The van der Waals surface area contributed by atoms with Crippen molar-refractivity contribution in [3.63, 3.8) is 0 Å². The van der Waals surface area contributed by atoms with E-state index in [-0.39, 0.29) is 5.41 Å². The van der Waals surface area contributed by atoms with Crippen LogP contribution in [0.5, 0.6) is 0 Å². The van der Waals surface area contributed by atoms with Crippen LogP contribution in [0.4, 0.5) is 0 Å². The maximum Gasteiger partial charge on any atom is 0.188 e. The number of hydrogen-bond acceptors (Lipinski definition) is 1. The fourth-order valence-corrected chi connectivity index (χ4v) is 1.50. The molecule has 1 aromatic carbocycles. The third kappa shape index (κ3) is 3.26. The van der Waals surface area contributed by atoms with Crippen molar-refractivity contribution < 1.29 is 0 Å². The second-order valence-corrected chi connectivity index (χ2v) is 4.71. The minimum Gasteiger partial charge on any atom is -0.370 e. The van der Waals surface area contributed by atoms with Gasteiger partial charge in [0.15, 0.2) is 5.96 Å². The first-order valence-electron chi connectivity index (χ1n) is 5.49. The second-order valence-electron chi connectivity index (χ2n) is 4.71. The Morgan fingerprint density at radius 3 is 2.38 bits per heavy atom. The van der Waals surface area contributed by atoms with E-state index >= 15 is 0 Å². The standard InChI is InChI=1S/C13H21N3/c1-10-5-7-11(8-6-10)13(2,3)9-16-12(14)15-4/h5-8H,9H2,1-4H3,(H3,14,15,16). The molecule has 0 atom stereocenters. The van der Waals surface area contributed by atoms with E-state index in [1.807, 2.05) is 0 Å². The molecule has 0 saturated carbocycles. The lowest BCUT2D eigenvalue weighted by Crippen LogP contribution is -2.40. The zero-order chi connectivity index (χ0) is 12.2. The number of nitrogens with zero attached hydrogens (tertiary/aromatic N) is 1. The van der Waals surface area contributed by atoms with Gasteiger partial charge in [0.2, 0.25) is 0 Å². The largest absolute Gasteiger partial charge is 0.370 e. The average molecular weight is 219 g/mol. The van der Waals surface area contributed by atoms with Gasteiger partial charge in [-0.05, 0) is 12.5 Å². The number of aryl methyl sites for hydroxylation is 1. The molecule has 0 saturated heterocycles. The van der Waals surface area contributed by atoms with Crippen LogP contribution in [0.3, 0.4) is 0 Å². The van der Waals surface area contributed by atoms with Crippen molar-refractivity contribution in [3.05, 3.63) is 35.4 Å². The van der Waals surface area contributed by atoms with Crippen LogP contribution in [0, 0.1) is 6.92 Å². The van der Waals surface area contributed by atoms with Gasteiger partial charge >= 0.3 is 0 Å². The number of rotatable bonds is 3. The zero-order valence-corrected chi connectivity index (χ0v) is 10.5. The van der Waals surface area contributed by atoms with E-state index < -0.39 is 0 Å². The summed E-state index contributed by atoms with van der Waals surface area (Å²) < 4.78 is 0. The van der Waals surface area contributed by atoms with E-state index in [4.69, 9.17) is 5.73 Å². The number of nitrogens with two attached hydrogens (primary N) is 1. The van der Waals surface area contributed by atoms with E-state index in [9.17, 15) is 0 Å². The summed E-state index contributed by atoms with van der Waals surface area (Å²) in [4.78, 5) is 3.88. The zero-order valence-electron chi connectivity index (χ0n) is 10.5. The number of aliphatic imine (C=N–C) groups is 1. The van der Waals surface area contributed by atoms with Crippen molar-refractivity contribution in [2.24, 2.45) is 10.7 Å². The Hall–Kier alpha value is -1.51. The molecule has 0 aliphatic rings. The fourth-order valence-electron chi connectivity index (χ4n) is 1.50. The van der Waals surface area contributed by atoms with Gasteiger partial charge in [0.25, 0.3) is 0 Å². The molecule has 0 heterocycles. The highest BCUT2D eigenvalue weighted by atomic mass is 15.1. The van der Waals surface area contributed by atoms with E-state index in [1.54, 1.807) is 7.05 Å². The highest BCUT2D eigenvalue weighted by Gasteiger charge is 2.20. The molecule has 0 aliphatic carbocycles. The first-order chi connectivity index (χ1) is 7.45. The molecular formula is C13H21N3. The lowest BCUT2D eigenvalue weighted by atomic mass is 9.84. The number of guanidine groups is 1. The molecule has 3 heteroatoms. The molecule has 0 unspecified atom stereocenters. The molecule has 3 nitrogen and oxygen atoms in total. The molecule has 0 fully saturated rings. The lowest BCUT2D eigenvalue weighted by molar-refractivity contribution is 0.512. The van der Waals surface area contributed by atoms with E-state index in [0.717, 1.165) is 6.54 Å². The van der Waals surface area contributed by atoms with Gasteiger partial charge in [0.1, 0.15) is 0 Å². The van der Waals surface area contributed by atoms with Gasteiger partial charge in [-0.1, -0.05) is 43.7 Å². The highest BCUT2D eigenvalue weighted by Crippen LogP contribution is 2.22. The molecule has 0 bridgehead atoms. The predicted octanol–water partition coefficient (Wildman–Crippen LogP) is 1.81. The quantitative estimate of drug-likeness (QED) is 0.601. The molecule has 3 N–H and O–H groups in total. The summed E-state index contributed by atoms with van der Waals surface area (Å²) in [7, 11) is 1.68. The summed E-state index contributed by atoms with van der Waals surface area (Å²) in [6.45, 7) is 7.25. The van der Waals surface area contributed by atoms with Crippen LogP contribution in [0.1, 0.15) is 25.0 Å². The van der Waals surface area contributed by atoms with Gasteiger partial charge in [0, 0.05) is 19.0 Å². The van der Waals surface area contributed by atoms with E-state index in [0.29, 0.717) is 5.96 Å². The SMILES string of the molecule is CN=C(N)NCC(C)(C)c1ccc(C)cc1. The van der Waals surface area contributed by atoms with Gasteiger partial charge in [0.05, 0.1) is 0 Å². The van der Waals surface area contributed by atoms with Crippen molar-refractivity contribution >= 4 is 5.96 Å². The van der Waals surface area contributed by atoms with Crippen molar-refractivity contribution in [2.75, 3.05) is 13.6 Å². The number of benzene rings is 1. The van der Waals surface area contributed by atoms with Crippen LogP contribution in [0.2, 0.25) is 0 Å². The fraction of sp³-hybridized carbons (Fsp3) is 0.462. The maximum atomic E-state index is 5.62. The Kier molecular flexibility index (Phi) is 3.93. The Morgan fingerprint density at radius 1 is 1.31 bits per heavy atom. The summed E-state index contributed by atoms with van der Waals surface area (Å²) in [5, 5.41) is 3.11. The molecule has 0 amide bonds. The lowest BCUT2D eigenvalue weighted by Gasteiger charge is -2.26. The van der Waals surface area contributed by atoms with Crippen molar-refractivity contribution in [3.8, 4) is 0 Å². The number of nitrogens with one attached hydrogen (secondary N) is 1. The molecule has 1 rings (SSSR count). The highest BCUT2D eigenvalue weighted by molar-refractivity contribution is 5.77. The number of hydrogen-bond donors (Lipinski definition) is 2. The third-order valence-electron chi connectivity index (χ3n) is 2.79. The van der Waals surface area contributed by atoms with Crippen LogP contribution in [-0.2, 0) is 5.41 Å². The summed E-state index contributed by atoms with van der Waals surface area (Å²) in [5.41, 5.74) is 8.25. The monoisotopic (exact) mass is 219 g/mol. The van der Waals surface area contributed by atoms with Crippen molar-refractivity contribution in [1.29, 1.82) is 0 Å². The van der Waals surface area contributed by atoms with Crippen LogP contribution in [0.25, 0.3) is 0 Å². The Morgan fingerprint density at radius 2 is 1.88 bits per heavy atom. The van der Waals surface area contributed by atoms with Crippen LogP contribution >= 0.6 is 0 Å². The van der Waals surface area contributed by atoms with Gasteiger partial charge < -0.3 is 11.1 Å². The Labute approximate surface area is 97.8 Å². The first-order valence-corrected chi connectivity index (χ1v) is 5.49. The maximum absolute atomic E-state index is 5.62. The molecule has 0 radical (unpaired) electrons. The molecule has 0 aromatic heterocycles. The van der Waals surface area contributed by atoms with Gasteiger partial charge in [-0.2, -0.15) is 0 Å². The molecule has 0 spiro atoms. The summed E-state index contributed by atoms with van der Waals surface area (Å²) in [6.07, 6.45) is 0. The smallest absolute Gasteiger partial charge is 0.188 e. The summed E-state index contributed by atoms with van der Waals surface area (Å²) in [6, 6.07) is 8.59. The Bertz CT molecular complexity index is 363. The minimum absolute atomic E-state index is 0.0447. The molecule has 0 aliphatic heterocycles. The van der Waals surface area contributed by atoms with E-state index in [2.05, 4.69) is 55.3 Å². The summed E-state index contributed by atoms with van der Waals surface area (Å²) >= 11 is 0. The van der Waals surface area contributed by atoms with E-state index in [1.165, 1.54) is 11.1 Å². The third-order valence-corrected chi connectivity index (χ3v) is 2.79. The van der Waals surface area contributed by atoms with Gasteiger partial charge in [-0.15, -0.1) is 0 Å². The second kappa shape index (κ2) is 5.01.